The molecule has 0 radical (unpaired) electrons. The van der Waals surface area contributed by atoms with E-state index in [4.69, 9.17) is 9.47 Å². The SMILES string of the molecule is O=C(Nc1cnc2ccc(C(=O)NCCN3CCOCC3)cn2c1=O)OCc1ccccc1. The lowest BCUT2D eigenvalue weighted by Gasteiger charge is -2.26. The van der Waals surface area contributed by atoms with Crippen molar-refractivity contribution in [1.82, 2.24) is 19.6 Å². The molecular formula is C23H25N5O5. The van der Waals surface area contributed by atoms with Gasteiger partial charge in [-0.15, -0.1) is 0 Å². The minimum absolute atomic E-state index is 0.0459. The number of morpholine rings is 1. The van der Waals surface area contributed by atoms with Crippen LogP contribution in [-0.2, 0) is 16.1 Å². The molecule has 0 atom stereocenters. The second-order valence-electron chi connectivity index (χ2n) is 7.52. The van der Waals surface area contributed by atoms with Gasteiger partial charge in [0.15, 0.2) is 0 Å². The summed E-state index contributed by atoms with van der Waals surface area (Å²) < 4.78 is 11.7. The maximum Gasteiger partial charge on any atom is 0.412 e. The third kappa shape index (κ3) is 5.93. The molecule has 10 heteroatoms. The fourth-order valence-corrected chi connectivity index (χ4v) is 3.42. The number of amides is 2. The molecule has 0 saturated carbocycles. The smallest absolute Gasteiger partial charge is 0.412 e. The highest BCUT2D eigenvalue weighted by Crippen LogP contribution is 2.07. The molecular weight excluding hydrogens is 426 g/mol. The fraction of sp³-hybridized carbons (Fsp3) is 0.304. The van der Waals surface area contributed by atoms with Crippen LogP contribution in [0.2, 0.25) is 0 Å². The number of benzene rings is 1. The molecule has 0 unspecified atom stereocenters. The number of nitrogens with one attached hydrogen (secondary N) is 2. The van der Waals surface area contributed by atoms with E-state index in [0.717, 1.165) is 25.2 Å². The van der Waals surface area contributed by atoms with E-state index < -0.39 is 11.7 Å². The van der Waals surface area contributed by atoms with Crippen LogP contribution in [-0.4, -0.2) is 65.7 Å². The molecule has 0 spiro atoms. The number of hydrogen-bond acceptors (Lipinski definition) is 7. The van der Waals surface area contributed by atoms with Gasteiger partial charge in [0.1, 0.15) is 17.9 Å². The number of carbonyl (C=O) groups excluding carboxylic acids is 2. The van der Waals surface area contributed by atoms with Gasteiger partial charge < -0.3 is 14.8 Å². The minimum atomic E-state index is -0.769. The third-order valence-electron chi connectivity index (χ3n) is 5.23. The number of aromatic nitrogens is 2. The third-order valence-corrected chi connectivity index (χ3v) is 5.23. The number of pyridine rings is 1. The van der Waals surface area contributed by atoms with Gasteiger partial charge in [-0.05, 0) is 17.7 Å². The first-order chi connectivity index (χ1) is 16.1. The molecule has 1 saturated heterocycles. The highest BCUT2D eigenvalue weighted by atomic mass is 16.5. The first-order valence-corrected chi connectivity index (χ1v) is 10.7. The Morgan fingerprint density at radius 3 is 2.67 bits per heavy atom. The van der Waals surface area contributed by atoms with Gasteiger partial charge in [-0.3, -0.25) is 24.2 Å². The van der Waals surface area contributed by atoms with E-state index in [-0.39, 0.29) is 18.2 Å². The van der Waals surface area contributed by atoms with Crippen LogP contribution in [0.1, 0.15) is 15.9 Å². The first kappa shape index (κ1) is 22.4. The molecule has 0 bridgehead atoms. The summed E-state index contributed by atoms with van der Waals surface area (Å²) >= 11 is 0. The van der Waals surface area contributed by atoms with E-state index >= 15 is 0 Å². The van der Waals surface area contributed by atoms with Crippen molar-refractivity contribution < 1.29 is 19.1 Å². The predicted molar refractivity (Wildman–Crippen MR) is 121 cm³/mol. The highest BCUT2D eigenvalue weighted by Gasteiger charge is 2.14. The van der Waals surface area contributed by atoms with Crippen LogP contribution in [0.15, 0.2) is 59.7 Å². The van der Waals surface area contributed by atoms with Gasteiger partial charge in [0.25, 0.3) is 11.5 Å². The van der Waals surface area contributed by atoms with Crippen molar-refractivity contribution in [2.75, 3.05) is 44.7 Å². The van der Waals surface area contributed by atoms with Gasteiger partial charge >= 0.3 is 6.09 Å². The quantitative estimate of drug-likeness (QED) is 0.560. The van der Waals surface area contributed by atoms with E-state index in [1.54, 1.807) is 12.1 Å². The van der Waals surface area contributed by atoms with Crippen molar-refractivity contribution in [3.63, 3.8) is 0 Å². The Morgan fingerprint density at radius 1 is 1.09 bits per heavy atom. The number of hydrogen-bond donors (Lipinski definition) is 2. The molecule has 1 aliphatic heterocycles. The normalized spacial score (nSPS) is 14.1. The first-order valence-electron chi connectivity index (χ1n) is 10.7. The molecule has 2 aromatic heterocycles. The molecule has 3 heterocycles. The van der Waals surface area contributed by atoms with E-state index in [1.807, 2.05) is 30.3 Å². The van der Waals surface area contributed by atoms with Crippen LogP contribution in [0.5, 0.6) is 0 Å². The summed E-state index contributed by atoms with van der Waals surface area (Å²) in [6.07, 6.45) is 1.91. The van der Waals surface area contributed by atoms with Crippen molar-refractivity contribution in [3.05, 3.63) is 76.3 Å². The minimum Gasteiger partial charge on any atom is -0.444 e. The van der Waals surface area contributed by atoms with Gasteiger partial charge in [-0.1, -0.05) is 30.3 Å². The zero-order valence-electron chi connectivity index (χ0n) is 18.0. The van der Waals surface area contributed by atoms with E-state index in [9.17, 15) is 14.4 Å². The molecule has 1 aliphatic rings. The zero-order chi connectivity index (χ0) is 23.0. The number of fused-ring (bicyclic) bond motifs is 1. The lowest BCUT2D eigenvalue weighted by atomic mass is 10.2. The van der Waals surface area contributed by atoms with Crippen LogP contribution in [0.25, 0.3) is 5.65 Å². The van der Waals surface area contributed by atoms with E-state index in [2.05, 4.69) is 20.5 Å². The Balaban J connectivity index is 1.39. The van der Waals surface area contributed by atoms with Crippen LogP contribution in [0.4, 0.5) is 10.5 Å². The number of nitrogens with zero attached hydrogens (tertiary/aromatic N) is 3. The summed E-state index contributed by atoms with van der Waals surface area (Å²) in [4.78, 5) is 43.9. The standard InChI is InChI=1S/C23H25N5O5/c29-21(24-8-9-27-10-12-32-13-11-27)18-6-7-20-25-14-19(22(30)28(20)15-18)26-23(31)33-16-17-4-2-1-3-5-17/h1-7,14-15H,8-13,16H2,(H,24,29)(H,26,31). The number of rotatable bonds is 7. The predicted octanol–water partition coefficient (Wildman–Crippen LogP) is 1.51. The molecule has 2 N–H and O–H groups in total. The van der Waals surface area contributed by atoms with E-state index in [0.29, 0.717) is 31.0 Å². The number of anilines is 1. The van der Waals surface area contributed by atoms with Crippen molar-refractivity contribution in [2.45, 2.75) is 6.61 Å². The molecule has 2 amide bonds. The van der Waals surface area contributed by atoms with Gasteiger partial charge in [-0.25, -0.2) is 9.78 Å². The Morgan fingerprint density at radius 2 is 1.88 bits per heavy atom. The summed E-state index contributed by atoms with van der Waals surface area (Å²) in [5, 5.41) is 5.28. The van der Waals surface area contributed by atoms with Crippen molar-refractivity contribution in [1.29, 1.82) is 0 Å². The Kier molecular flexibility index (Phi) is 7.28. The van der Waals surface area contributed by atoms with Crippen molar-refractivity contribution in [3.8, 4) is 0 Å². The monoisotopic (exact) mass is 451 g/mol. The Bertz CT molecular complexity index is 1170. The Hall–Kier alpha value is -3.76. The fourth-order valence-electron chi connectivity index (χ4n) is 3.42. The summed E-state index contributed by atoms with van der Waals surface area (Å²) in [7, 11) is 0. The number of ether oxygens (including phenoxy) is 2. The van der Waals surface area contributed by atoms with Crippen molar-refractivity contribution in [2.24, 2.45) is 0 Å². The van der Waals surface area contributed by atoms with Crippen LogP contribution in [0.3, 0.4) is 0 Å². The van der Waals surface area contributed by atoms with Gasteiger partial charge in [0, 0.05) is 32.4 Å². The van der Waals surface area contributed by atoms with Crippen molar-refractivity contribution >= 4 is 23.3 Å². The average molecular weight is 451 g/mol. The molecule has 1 fully saturated rings. The summed E-state index contributed by atoms with van der Waals surface area (Å²) in [5.41, 5.74) is 0.936. The summed E-state index contributed by atoms with van der Waals surface area (Å²) in [6.45, 7) is 4.37. The highest BCUT2D eigenvalue weighted by molar-refractivity contribution is 5.94. The molecule has 0 aliphatic carbocycles. The van der Waals surface area contributed by atoms with Gasteiger partial charge in [0.05, 0.1) is 25.0 Å². The molecule has 10 nitrogen and oxygen atoms in total. The molecule has 33 heavy (non-hydrogen) atoms. The zero-order valence-corrected chi connectivity index (χ0v) is 18.0. The molecule has 1 aromatic carbocycles. The lowest BCUT2D eigenvalue weighted by Crippen LogP contribution is -2.41. The number of carbonyl (C=O) groups is 2. The molecule has 4 rings (SSSR count). The van der Waals surface area contributed by atoms with Gasteiger partial charge in [-0.2, -0.15) is 0 Å². The van der Waals surface area contributed by atoms with Gasteiger partial charge in [0.2, 0.25) is 0 Å². The lowest BCUT2D eigenvalue weighted by molar-refractivity contribution is 0.0383. The average Bonchev–Trinajstić information content (AvgIpc) is 2.85. The second kappa shape index (κ2) is 10.7. The Labute approximate surface area is 190 Å². The maximum absolute atomic E-state index is 12.8. The topological polar surface area (TPSA) is 114 Å². The molecule has 3 aromatic rings. The second-order valence-corrected chi connectivity index (χ2v) is 7.52. The molecule has 172 valence electrons. The van der Waals surface area contributed by atoms with E-state index in [1.165, 1.54) is 16.8 Å². The largest absolute Gasteiger partial charge is 0.444 e. The van der Waals surface area contributed by atoms with Crippen LogP contribution >= 0.6 is 0 Å². The van der Waals surface area contributed by atoms with Crippen LogP contribution in [0, 0.1) is 0 Å². The summed E-state index contributed by atoms with van der Waals surface area (Å²) in [5.74, 6) is -0.294. The maximum atomic E-state index is 12.8. The van der Waals surface area contributed by atoms with Crippen LogP contribution < -0.4 is 16.2 Å². The summed E-state index contributed by atoms with van der Waals surface area (Å²) in [6, 6.07) is 12.4.